The molecule has 24 heavy (non-hydrogen) atoms. The Labute approximate surface area is 152 Å². The highest BCUT2D eigenvalue weighted by Crippen LogP contribution is 1.96. The number of aromatic nitrogens is 4. The second-order valence-corrected chi connectivity index (χ2v) is 4.45. The molecule has 0 aliphatic carbocycles. The third-order valence-corrected chi connectivity index (χ3v) is 2.62. The summed E-state index contributed by atoms with van der Waals surface area (Å²) in [5.74, 6) is -2.00. The molecule has 0 amide bonds. The maximum Gasteiger partial charge on any atom is 0.320 e. The number of aliphatic carboxylic acids is 2. The van der Waals surface area contributed by atoms with Crippen LogP contribution in [0.2, 0.25) is 0 Å². The SMILES string of the molecule is NC(Cc1cnc[nH]1)C(=O)O.NC(Cc1cnc[nH]1)C(=O)O.S.S. The molecule has 0 radical (unpaired) electrons. The normalized spacial score (nSPS) is 11.8. The molecular weight excluding hydrogens is 356 g/mol. The smallest absolute Gasteiger partial charge is 0.320 e. The van der Waals surface area contributed by atoms with Gasteiger partial charge in [-0.15, -0.1) is 0 Å². The Balaban J connectivity index is 0. The van der Waals surface area contributed by atoms with Crippen molar-refractivity contribution in [2.45, 2.75) is 24.9 Å². The first-order chi connectivity index (χ1) is 10.4. The number of rotatable bonds is 6. The number of carbonyl (C=O) groups is 2. The predicted octanol–water partition coefficient (Wildman–Crippen LogP) is -1.05. The second kappa shape index (κ2) is 12.4. The van der Waals surface area contributed by atoms with Crippen LogP contribution in [-0.4, -0.2) is 54.2 Å². The number of H-pyrrole nitrogens is 2. The van der Waals surface area contributed by atoms with Gasteiger partial charge in [0.15, 0.2) is 0 Å². The number of imidazole rings is 2. The first kappa shape index (κ1) is 24.2. The van der Waals surface area contributed by atoms with Gasteiger partial charge in [0.1, 0.15) is 12.1 Å². The molecule has 0 aliphatic rings. The van der Waals surface area contributed by atoms with E-state index in [9.17, 15) is 9.59 Å². The van der Waals surface area contributed by atoms with E-state index in [0.29, 0.717) is 0 Å². The van der Waals surface area contributed by atoms with Crippen LogP contribution in [-0.2, 0) is 22.4 Å². The first-order valence-electron chi connectivity index (χ1n) is 6.31. The summed E-state index contributed by atoms with van der Waals surface area (Å²) < 4.78 is 0. The van der Waals surface area contributed by atoms with Crippen molar-refractivity contribution in [2.75, 3.05) is 0 Å². The van der Waals surface area contributed by atoms with Crippen molar-refractivity contribution < 1.29 is 19.8 Å². The Bertz CT molecular complexity index is 526. The average molecular weight is 378 g/mol. The largest absolute Gasteiger partial charge is 0.480 e. The van der Waals surface area contributed by atoms with E-state index < -0.39 is 24.0 Å². The zero-order valence-electron chi connectivity index (χ0n) is 12.6. The van der Waals surface area contributed by atoms with E-state index in [1.54, 1.807) is 12.4 Å². The molecule has 136 valence electrons. The zero-order chi connectivity index (χ0) is 16.5. The van der Waals surface area contributed by atoms with Gasteiger partial charge in [-0.3, -0.25) is 9.59 Å². The zero-order valence-corrected chi connectivity index (χ0v) is 14.6. The van der Waals surface area contributed by atoms with Crippen LogP contribution in [0.1, 0.15) is 11.4 Å². The Kier molecular flexibility index (Phi) is 12.5. The summed E-state index contributed by atoms with van der Waals surface area (Å²) in [6.07, 6.45) is 6.67. The van der Waals surface area contributed by atoms with Gasteiger partial charge in [-0.1, -0.05) is 0 Å². The maximum atomic E-state index is 10.3. The minimum atomic E-state index is -1.00. The molecule has 0 aliphatic heterocycles. The molecule has 0 saturated carbocycles. The van der Waals surface area contributed by atoms with Crippen LogP contribution in [0.4, 0.5) is 0 Å². The number of aromatic amines is 2. The average Bonchev–Trinajstić information content (AvgIpc) is 3.12. The van der Waals surface area contributed by atoms with Gasteiger partial charge in [0.25, 0.3) is 0 Å². The number of carboxylic acid groups (broad SMARTS) is 2. The van der Waals surface area contributed by atoms with Crippen LogP contribution in [0.5, 0.6) is 0 Å². The number of nitrogens with one attached hydrogen (secondary N) is 2. The summed E-state index contributed by atoms with van der Waals surface area (Å²) in [6, 6.07) is -1.70. The van der Waals surface area contributed by atoms with E-state index in [2.05, 4.69) is 19.9 Å². The Morgan fingerprint density at radius 2 is 1.25 bits per heavy atom. The Morgan fingerprint density at radius 3 is 1.46 bits per heavy atom. The number of hydrogen-bond acceptors (Lipinski definition) is 6. The van der Waals surface area contributed by atoms with E-state index >= 15 is 0 Å². The lowest BCUT2D eigenvalue weighted by Gasteiger charge is -2.02. The van der Waals surface area contributed by atoms with Gasteiger partial charge in [-0.25, -0.2) is 9.97 Å². The number of hydrogen-bond donors (Lipinski definition) is 6. The lowest BCUT2D eigenvalue weighted by molar-refractivity contribution is -0.139. The number of nitrogens with two attached hydrogens (primary N) is 2. The maximum absolute atomic E-state index is 10.3. The molecule has 0 aromatic carbocycles. The summed E-state index contributed by atoms with van der Waals surface area (Å²) >= 11 is 0. The minimum Gasteiger partial charge on any atom is -0.480 e. The third-order valence-electron chi connectivity index (χ3n) is 2.62. The van der Waals surface area contributed by atoms with Crippen molar-refractivity contribution >= 4 is 38.9 Å². The van der Waals surface area contributed by atoms with Crippen LogP contribution in [0.25, 0.3) is 0 Å². The van der Waals surface area contributed by atoms with Crippen LogP contribution in [0.3, 0.4) is 0 Å². The highest BCUT2D eigenvalue weighted by molar-refractivity contribution is 7.59. The summed E-state index contributed by atoms with van der Waals surface area (Å²) in [5.41, 5.74) is 12.0. The lowest BCUT2D eigenvalue weighted by atomic mass is 10.2. The highest BCUT2D eigenvalue weighted by Gasteiger charge is 2.12. The molecular formula is C12H22N6O4S2. The third kappa shape index (κ3) is 9.19. The number of nitrogens with zero attached hydrogens (tertiary/aromatic N) is 2. The molecule has 0 fully saturated rings. The fourth-order valence-corrected chi connectivity index (χ4v) is 1.44. The van der Waals surface area contributed by atoms with Crippen molar-refractivity contribution in [2.24, 2.45) is 11.5 Å². The molecule has 2 aromatic rings. The molecule has 2 atom stereocenters. The van der Waals surface area contributed by atoms with Gasteiger partial charge in [-0.2, -0.15) is 27.0 Å². The molecule has 2 unspecified atom stereocenters. The second-order valence-electron chi connectivity index (χ2n) is 4.45. The van der Waals surface area contributed by atoms with Gasteiger partial charge in [0.05, 0.1) is 12.7 Å². The summed E-state index contributed by atoms with van der Waals surface area (Å²) in [4.78, 5) is 33.5. The summed E-state index contributed by atoms with van der Waals surface area (Å²) in [6.45, 7) is 0. The Hall–Kier alpha value is -2.02. The molecule has 12 heteroatoms. The number of carboxylic acids is 2. The van der Waals surface area contributed by atoms with Crippen molar-refractivity contribution in [3.8, 4) is 0 Å². The monoisotopic (exact) mass is 378 g/mol. The van der Waals surface area contributed by atoms with Crippen LogP contribution >= 0.6 is 27.0 Å². The van der Waals surface area contributed by atoms with Crippen molar-refractivity contribution in [3.05, 3.63) is 36.4 Å². The molecule has 2 heterocycles. The van der Waals surface area contributed by atoms with E-state index in [1.807, 2.05) is 0 Å². The van der Waals surface area contributed by atoms with Gasteiger partial charge < -0.3 is 31.6 Å². The van der Waals surface area contributed by atoms with Crippen molar-refractivity contribution in [1.29, 1.82) is 0 Å². The van der Waals surface area contributed by atoms with Crippen LogP contribution in [0, 0.1) is 0 Å². The predicted molar refractivity (Wildman–Crippen MR) is 96.6 cm³/mol. The fourth-order valence-electron chi connectivity index (χ4n) is 1.44. The van der Waals surface area contributed by atoms with Gasteiger partial charge in [-0.05, 0) is 0 Å². The van der Waals surface area contributed by atoms with E-state index in [-0.39, 0.29) is 39.8 Å². The quantitative estimate of drug-likeness (QED) is 0.368. The van der Waals surface area contributed by atoms with Gasteiger partial charge >= 0.3 is 11.9 Å². The Morgan fingerprint density at radius 1 is 0.917 bits per heavy atom. The molecule has 0 saturated heterocycles. The standard InChI is InChI=1S/2C6H9N3O2.2H2S/c2*7-5(6(10)11)1-4-2-8-3-9-4;;/h2*2-3,5H,1,7H2,(H,8,9)(H,10,11);2*1H2. The van der Waals surface area contributed by atoms with E-state index in [4.69, 9.17) is 21.7 Å². The van der Waals surface area contributed by atoms with E-state index in [1.165, 1.54) is 12.7 Å². The van der Waals surface area contributed by atoms with Crippen molar-refractivity contribution in [1.82, 2.24) is 19.9 Å². The molecule has 0 spiro atoms. The molecule has 8 N–H and O–H groups in total. The molecule has 0 bridgehead atoms. The van der Waals surface area contributed by atoms with Gasteiger partial charge in [0.2, 0.25) is 0 Å². The molecule has 10 nitrogen and oxygen atoms in total. The van der Waals surface area contributed by atoms with Gasteiger partial charge in [0, 0.05) is 36.6 Å². The molecule has 2 rings (SSSR count). The van der Waals surface area contributed by atoms with E-state index in [0.717, 1.165) is 11.4 Å². The highest BCUT2D eigenvalue weighted by atomic mass is 32.1. The lowest BCUT2D eigenvalue weighted by Crippen LogP contribution is -2.32. The summed E-state index contributed by atoms with van der Waals surface area (Å²) in [5, 5.41) is 16.8. The minimum absolute atomic E-state index is 0. The van der Waals surface area contributed by atoms with Crippen LogP contribution in [0.15, 0.2) is 25.0 Å². The summed E-state index contributed by atoms with van der Waals surface area (Å²) in [7, 11) is 0. The van der Waals surface area contributed by atoms with Crippen LogP contribution < -0.4 is 11.5 Å². The topological polar surface area (TPSA) is 184 Å². The van der Waals surface area contributed by atoms with Crippen molar-refractivity contribution in [3.63, 3.8) is 0 Å². The first-order valence-corrected chi connectivity index (χ1v) is 6.31. The molecule has 2 aromatic heterocycles. The fraction of sp³-hybridized carbons (Fsp3) is 0.333.